The number of aliphatic hydroxyl groups is 1. The summed E-state index contributed by atoms with van der Waals surface area (Å²) in [5.74, 6) is 0. The van der Waals surface area contributed by atoms with E-state index in [2.05, 4.69) is 4.72 Å². The molecule has 2 rings (SSSR count). The van der Waals surface area contributed by atoms with Crippen molar-refractivity contribution in [3.05, 3.63) is 23.8 Å². The van der Waals surface area contributed by atoms with E-state index in [1.54, 1.807) is 13.8 Å². The third-order valence-corrected chi connectivity index (χ3v) is 5.46. The number of nitrogens with two attached hydrogens (primary N) is 1. The zero-order valence-corrected chi connectivity index (χ0v) is 12.1. The Labute approximate surface area is 118 Å². The Morgan fingerprint density at radius 2 is 2.15 bits per heavy atom. The average molecular weight is 295 g/mol. The van der Waals surface area contributed by atoms with Gasteiger partial charge in [0, 0.05) is 17.1 Å². The highest BCUT2D eigenvalue weighted by atomic mass is 32.2. The molecule has 4 N–H and O–H groups in total. The molecule has 1 saturated carbocycles. The Hall–Kier alpha value is -1.62. The Kier molecular flexibility index (Phi) is 3.50. The van der Waals surface area contributed by atoms with Crippen LogP contribution in [0.1, 0.15) is 25.8 Å². The zero-order valence-electron chi connectivity index (χ0n) is 11.3. The fourth-order valence-corrected chi connectivity index (χ4v) is 3.77. The van der Waals surface area contributed by atoms with Crippen LogP contribution in [0, 0.1) is 16.7 Å². The molecule has 1 fully saturated rings. The molecule has 1 aromatic carbocycles. The van der Waals surface area contributed by atoms with Gasteiger partial charge in [-0.3, -0.25) is 0 Å². The van der Waals surface area contributed by atoms with Gasteiger partial charge < -0.3 is 10.8 Å². The van der Waals surface area contributed by atoms with Gasteiger partial charge in [0.1, 0.15) is 6.07 Å². The van der Waals surface area contributed by atoms with Crippen molar-refractivity contribution in [2.45, 2.75) is 37.3 Å². The highest BCUT2D eigenvalue weighted by molar-refractivity contribution is 7.89. The Bertz CT molecular complexity index is 677. The normalized spacial score (nSPS) is 24.7. The monoisotopic (exact) mass is 295 g/mol. The first-order valence-electron chi connectivity index (χ1n) is 6.18. The third-order valence-electron chi connectivity index (χ3n) is 3.93. The molecule has 1 aliphatic carbocycles. The molecule has 20 heavy (non-hydrogen) atoms. The van der Waals surface area contributed by atoms with Gasteiger partial charge in [-0.1, -0.05) is 13.8 Å². The van der Waals surface area contributed by atoms with Crippen molar-refractivity contribution in [2.24, 2.45) is 5.41 Å². The molecule has 0 spiro atoms. The minimum atomic E-state index is -3.81. The van der Waals surface area contributed by atoms with Crippen molar-refractivity contribution in [3.63, 3.8) is 0 Å². The fourth-order valence-electron chi connectivity index (χ4n) is 2.22. The van der Waals surface area contributed by atoms with Crippen molar-refractivity contribution in [1.29, 1.82) is 5.26 Å². The predicted molar refractivity (Wildman–Crippen MR) is 74.1 cm³/mol. The summed E-state index contributed by atoms with van der Waals surface area (Å²) < 4.78 is 27.2. The van der Waals surface area contributed by atoms with E-state index < -0.39 is 21.5 Å². The van der Waals surface area contributed by atoms with E-state index >= 15 is 0 Å². The van der Waals surface area contributed by atoms with Crippen molar-refractivity contribution < 1.29 is 13.5 Å². The number of hydrogen-bond donors (Lipinski definition) is 3. The molecule has 0 saturated heterocycles. The topological polar surface area (TPSA) is 116 Å². The van der Waals surface area contributed by atoms with Gasteiger partial charge in [-0.2, -0.15) is 5.26 Å². The number of benzene rings is 1. The highest BCUT2D eigenvalue weighted by Gasteiger charge is 2.49. The molecule has 0 bridgehead atoms. The van der Waals surface area contributed by atoms with Crippen molar-refractivity contribution >= 4 is 15.7 Å². The van der Waals surface area contributed by atoms with Crippen LogP contribution < -0.4 is 10.5 Å². The second-order valence-corrected chi connectivity index (χ2v) is 7.30. The maximum absolute atomic E-state index is 12.3. The van der Waals surface area contributed by atoms with Gasteiger partial charge in [0.05, 0.1) is 16.6 Å². The lowest BCUT2D eigenvalue weighted by molar-refractivity contribution is -0.0645. The summed E-state index contributed by atoms with van der Waals surface area (Å²) in [5, 5.41) is 18.7. The largest absolute Gasteiger partial charge is 0.399 e. The lowest BCUT2D eigenvalue weighted by atomic mass is 9.65. The van der Waals surface area contributed by atoms with Crippen LogP contribution in [0.15, 0.2) is 23.1 Å². The maximum atomic E-state index is 12.3. The van der Waals surface area contributed by atoms with E-state index in [0.29, 0.717) is 12.1 Å². The summed E-state index contributed by atoms with van der Waals surface area (Å²) >= 11 is 0. The maximum Gasteiger partial charge on any atom is 0.242 e. The van der Waals surface area contributed by atoms with Gasteiger partial charge in [0.25, 0.3) is 0 Å². The van der Waals surface area contributed by atoms with E-state index in [1.807, 2.05) is 6.07 Å². The molecular formula is C13H17N3O3S. The van der Waals surface area contributed by atoms with Gasteiger partial charge in [-0.05, 0) is 24.6 Å². The molecule has 0 radical (unpaired) electrons. The van der Waals surface area contributed by atoms with Gasteiger partial charge in [0.15, 0.2) is 0 Å². The van der Waals surface area contributed by atoms with Gasteiger partial charge in [-0.25, -0.2) is 13.1 Å². The van der Waals surface area contributed by atoms with Gasteiger partial charge in [0.2, 0.25) is 10.0 Å². The van der Waals surface area contributed by atoms with E-state index in [-0.39, 0.29) is 16.5 Å². The molecule has 0 aromatic heterocycles. The second-order valence-electron chi connectivity index (χ2n) is 5.61. The fraction of sp³-hybridized carbons (Fsp3) is 0.462. The van der Waals surface area contributed by atoms with Crippen LogP contribution in [0.2, 0.25) is 0 Å². The Morgan fingerprint density at radius 1 is 1.50 bits per heavy atom. The summed E-state index contributed by atoms with van der Waals surface area (Å²) in [6.45, 7) is 3.59. The number of nitrogen functional groups attached to an aromatic ring is 1. The first-order chi connectivity index (χ1) is 9.18. The molecule has 108 valence electrons. The lowest BCUT2D eigenvalue weighted by Crippen LogP contribution is -2.61. The standard InChI is InChI=1S/C13H17N3O3S/c1-13(2)11(6-12(13)17)16-20(18,19)10-4-3-9(15)5-8(10)7-14/h3-5,11-12,16-17H,6,15H2,1-2H3. The number of aliphatic hydroxyl groups excluding tert-OH is 1. The molecule has 2 unspecified atom stereocenters. The van der Waals surface area contributed by atoms with Crippen molar-refractivity contribution in [1.82, 2.24) is 4.72 Å². The molecule has 7 heteroatoms. The minimum absolute atomic E-state index is 0.00942. The number of anilines is 1. The number of hydrogen-bond acceptors (Lipinski definition) is 5. The average Bonchev–Trinajstić information content (AvgIpc) is 2.37. The van der Waals surface area contributed by atoms with E-state index in [0.717, 1.165) is 0 Å². The highest BCUT2D eigenvalue weighted by Crippen LogP contribution is 2.41. The SMILES string of the molecule is CC1(C)C(O)CC1NS(=O)(=O)c1ccc(N)cc1C#N. The third kappa shape index (κ3) is 2.38. The number of rotatable bonds is 3. The predicted octanol–water partition coefficient (Wildman–Crippen LogP) is 0.578. The summed E-state index contributed by atoms with van der Waals surface area (Å²) in [7, 11) is -3.81. The van der Waals surface area contributed by atoms with Crippen molar-refractivity contribution in [2.75, 3.05) is 5.73 Å². The Balaban J connectivity index is 2.31. The van der Waals surface area contributed by atoms with Gasteiger partial charge >= 0.3 is 0 Å². The van der Waals surface area contributed by atoms with Crippen LogP contribution in [-0.2, 0) is 10.0 Å². The number of nitrogens with one attached hydrogen (secondary N) is 1. The molecule has 0 heterocycles. The summed E-state index contributed by atoms with van der Waals surface area (Å²) in [4.78, 5) is -0.0913. The summed E-state index contributed by atoms with van der Waals surface area (Å²) in [6, 6.07) is 5.56. The van der Waals surface area contributed by atoms with Crippen LogP contribution in [0.25, 0.3) is 0 Å². The van der Waals surface area contributed by atoms with Crippen molar-refractivity contribution in [3.8, 4) is 6.07 Å². The van der Waals surface area contributed by atoms with Crippen LogP contribution in [0.4, 0.5) is 5.69 Å². The first kappa shape index (κ1) is 14.8. The summed E-state index contributed by atoms with van der Waals surface area (Å²) in [6.07, 6.45) is -0.166. The number of sulfonamides is 1. The quantitative estimate of drug-likeness (QED) is 0.705. The van der Waals surface area contributed by atoms with Crippen LogP contribution >= 0.6 is 0 Å². The minimum Gasteiger partial charge on any atom is -0.399 e. The van der Waals surface area contributed by atoms with E-state index in [9.17, 15) is 13.5 Å². The van der Waals surface area contributed by atoms with Crippen LogP contribution in [0.5, 0.6) is 0 Å². The molecule has 0 aliphatic heterocycles. The molecule has 1 aliphatic rings. The number of nitriles is 1. The van der Waals surface area contributed by atoms with Crippen LogP contribution in [-0.4, -0.2) is 25.7 Å². The molecular weight excluding hydrogens is 278 g/mol. The van der Waals surface area contributed by atoms with E-state index in [4.69, 9.17) is 11.0 Å². The van der Waals surface area contributed by atoms with Gasteiger partial charge in [-0.15, -0.1) is 0 Å². The lowest BCUT2D eigenvalue weighted by Gasteiger charge is -2.49. The Morgan fingerprint density at radius 3 is 2.65 bits per heavy atom. The smallest absolute Gasteiger partial charge is 0.242 e. The summed E-state index contributed by atoms with van der Waals surface area (Å²) in [5.41, 5.74) is 5.37. The molecule has 1 aromatic rings. The molecule has 6 nitrogen and oxygen atoms in total. The first-order valence-corrected chi connectivity index (χ1v) is 7.67. The number of nitrogens with zero attached hydrogens (tertiary/aromatic N) is 1. The molecule has 2 atom stereocenters. The molecule has 0 amide bonds. The van der Waals surface area contributed by atoms with E-state index in [1.165, 1.54) is 18.2 Å². The van der Waals surface area contributed by atoms with Crippen LogP contribution in [0.3, 0.4) is 0 Å². The zero-order chi connectivity index (χ0) is 15.1. The second kappa shape index (κ2) is 4.74.